The average molecular weight is 265 g/mol. The molecule has 2 unspecified atom stereocenters. The summed E-state index contributed by atoms with van der Waals surface area (Å²) in [7, 11) is 0. The molecule has 2 saturated carbocycles. The van der Waals surface area contributed by atoms with Crippen LogP contribution in [-0.4, -0.2) is 35.6 Å². The van der Waals surface area contributed by atoms with Crippen LogP contribution in [-0.2, 0) is 4.79 Å². The third kappa shape index (κ3) is 2.81. The van der Waals surface area contributed by atoms with Crippen LogP contribution in [0.4, 0.5) is 0 Å². The molecule has 3 heteroatoms. The Morgan fingerprint density at radius 2 is 1.74 bits per heavy atom. The predicted molar refractivity (Wildman–Crippen MR) is 75.0 cm³/mol. The lowest BCUT2D eigenvalue weighted by atomic mass is 9.73. The van der Waals surface area contributed by atoms with Gasteiger partial charge in [-0.25, -0.2) is 0 Å². The van der Waals surface area contributed by atoms with E-state index < -0.39 is 5.97 Å². The maximum Gasteiger partial charge on any atom is 0.306 e. The van der Waals surface area contributed by atoms with Gasteiger partial charge in [0, 0.05) is 19.6 Å². The van der Waals surface area contributed by atoms with Crippen molar-refractivity contribution in [2.45, 2.75) is 57.8 Å². The first-order valence-electron chi connectivity index (χ1n) is 8.14. The first-order chi connectivity index (χ1) is 9.19. The third-order valence-electron chi connectivity index (χ3n) is 5.75. The quantitative estimate of drug-likeness (QED) is 0.852. The molecule has 3 nitrogen and oxygen atoms in total. The summed E-state index contributed by atoms with van der Waals surface area (Å²) in [4.78, 5) is 13.8. The molecule has 1 heterocycles. The number of nitrogens with zero attached hydrogens (tertiary/aromatic N) is 1. The molecule has 1 saturated heterocycles. The zero-order valence-electron chi connectivity index (χ0n) is 11.9. The molecule has 3 fully saturated rings. The topological polar surface area (TPSA) is 40.5 Å². The molecule has 0 aromatic rings. The molecule has 3 aliphatic rings. The minimum absolute atomic E-state index is 0.0642. The fourth-order valence-corrected chi connectivity index (χ4v) is 4.74. The number of hydrogen-bond donors (Lipinski definition) is 1. The summed E-state index contributed by atoms with van der Waals surface area (Å²) >= 11 is 0. The fourth-order valence-electron chi connectivity index (χ4n) is 4.74. The van der Waals surface area contributed by atoms with Crippen molar-refractivity contribution < 1.29 is 9.90 Å². The molecule has 0 amide bonds. The molecule has 0 aromatic heterocycles. The largest absolute Gasteiger partial charge is 0.481 e. The summed E-state index contributed by atoms with van der Waals surface area (Å²) < 4.78 is 0. The average Bonchev–Trinajstić information content (AvgIpc) is 2.65. The molecule has 1 aliphatic heterocycles. The number of hydrogen-bond acceptors (Lipinski definition) is 2. The second-order valence-corrected chi connectivity index (χ2v) is 7.22. The highest BCUT2D eigenvalue weighted by atomic mass is 16.4. The van der Waals surface area contributed by atoms with Gasteiger partial charge in [-0.1, -0.05) is 32.1 Å². The Labute approximate surface area is 116 Å². The Morgan fingerprint density at radius 1 is 1.05 bits per heavy atom. The molecule has 3 rings (SSSR count). The number of carbonyl (C=O) groups is 1. The van der Waals surface area contributed by atoms with Crippen LogP contribution in [0.25, 0.3) is 0 Å². The molecular weight excluding hydrogens is 238 g/mol. The molecule has 1 spiro atoms. The Hall–Kier alpha value is -0.570. The normalized spacial score (nSPS) is 34.9. The highest BCUT2D eigenvalue weighted by Gasteiger charge is 2.44. The number of carboxylic acids is 1. The van der Waals surface area contributed by atoms with Crippen LogP contribution in [0.3, 0.4) is 0 Å². The van der Waals surface area contributed by atoms with Crippen LogP contribution >= 0.6 is 0 Å². The Bertz CT molecular complexity index is 326. The van der Waals surface area contributed by atoms with Crippen molar-refractivity contribution in [3.63, 3.8) is 0 Å². The molecule has 1 N–H and O–H groups in total. The summed E-state index contributed by atoms with van der Waals surface area (Å²) in [6.45, 7) is 3.53. The Balaban J connectivity index is 1.49. The van der Waals surface area contributed by atoms with Crippen molar-refractivity contribution in [1.82, 2.24) is 4.90 Å². The van der Waals surface area contributed by atoms with Crippen molar-refractivity contribution in [3.8, 4) is 0 Å². The maximum absolute atomic E-state index is 11.2. The van der Waals surface area contributed by atoms with E-state index in [4.69, 9.17) is 0 Å². The molecule has 108 valence electrons. The van der Waals surface area contributed by atoms with Crippen LogP contribution in [0.1, 0.15) is 57.8 Å². The Morgan fingerprint density at radius 3 is 2.37 bits per heavy atom. The zero-order chi connectivity index (χ0) is 13.3. The molecule has 0 radical (unpaired) electrons. The van der Waals surface area contributed by atoms with Gasteiger partial charge in [0.05, 0.1) is 5.92 Å². The second kappa shape index (κ2) is 5.43. The van der Waals surface area contributed by atoms with E-state index >= 15 is 0 Å². The highest BCUT2D eigenvalue weighted by molar-refractivity contribution is 5.70. The van der Waals surface area contributed by atoms with Crippen LogP contribution < -0.4 is 0 Å². The summed E-state index contributed by atoms with van der Waals surface area (Å²) in [6.07, 6.45) is 11.6. The lowest BCUT2D eigenvalue weighted by molar-refractivity contribution is -0.143. The number of likely N-dealkylation sites (tertiary alicyclic amines) is 1. The number of aliphatic carboxylic acids is 1. The van der Waals surface area contributed by atoms with Gasteiger partial charge < -0.3 is 10.0 Å². The van der Waals surface area contributed by atoms with Gasteiger partial charge in [-0.15, -0.1) is 0 Å². The van der Waals surface area contributed by atoms with E-state index in [1.54, 1.807) is 0 Å². The summed E-state index contributed by atoms with van der Waals surface area (Å²) in [6, 6.07) is 0. The molecule has 19 heavy (non-hydrogen) atoms. The SMILES string of the molecule is O=C(O)C1CCCC1CN1CC2(CCCCCC2)C1. The maximum atomic E-state index is 11.2. The minimum Gasteiger partial charge on any atom is -0.481 e. The van der Waals surface area contributed by atoms with Crippen molar-refractivity contribution in [2.75, 3.05) is 19.6 Å². The van der Waals surface area contributed by atoms with E-state index in [-0.39, 0.29) is 5.92 Å². The van der Waals surface area contributed by atoms with Gasteiger partial charge in [-0.05, 0) is 37.0 Å². The lowest BCUT2D eigenvalue weighted by Gasteiger charge is -2.51. The van der Waals surface area contributed by atoms with Crippen molar-refractivity contribution >= 4 is 5.97 Å². The first kappa shape index (κ1) is 13.4. The molecular formula is C16H27NO2. The fraction of sp³-hybridized carbons (Fsp3) is 0.938. The van der Waals surface area contributed by atoms with E-state index in [1.807, 2.05) is 0 Å². The molecule has 0 aromatic carbocycles. The summed E-state index contributed by atoms with van der Waals surface area (Å²) in [5, 5.41) is 9.25. The minimum atomic E-state index is -0.563. The van der Waals surface area contributed by atoms with Gasteiger partial charge >= 0.3 is 5.97 Å². The zero-order valence-corrected chi connectivity index (χ0v) is 11.9. The number of carboxylic acid groups (broad SMARTS) is 1. The van der Waals surface area contributed by atoms with E-state index in [0.29, 0.717) is 11.3 Å². The van der Waals surface area contributed by atoms with Crippen molar-refractivity contribution in [2.24, 2.45) is 17.3 Å². The van der Waals surface area contributed by atoms with Crippen LogP contribution in [0, 0.1) is 17.3 Å². The number of rotatable bonds is 3. The van der Waals surface area contributed by atoms with E-state index in [9.17, 15) is 9.90 Å². The van der Waals surface area contributed by atoms with Crippen LogP contribution in [0.15, 0.2) is 0 Å². The Kier molecular flexibility index (Phi) is 3.84. The van der Waals surface area contributed by atoms with Crippen molar-refractivity contribution in [1.29, 1.82) is 0 Å². The lowest BCUT2D eigenvalue weighted by Crippen LogP contribution is -2.57. The van der Waals surface area contributed by atoms with Gasteiger partial charge in [0.25, 0.3) is 0 Å². The third-order valence-corrected chi connectivity index (χ3v) is 5.75. The predicted octanol–water partition coefficient (Wildman–Crippen LogP) is 3.14. The highest BCUT2D eigenvalue weighted by Crippen LogP contribution is 2.44. The first-order valence-corrected chi connectivity index (χ1v) is 8.14. The second-order valence-electron chi connectivity index (χ2n) is 7.22. The molecule has 2 aliphatic carbocycles. The standard InChI is InChI=1S/C16H27NO2/c18-15(19)14-7-5-6-13(14)10-17-11-16(12-17)8-3-1-2-4-9-16/h13-14H,1-12H2,(H,18,19). The van der Waals surface area contributed by atoms with Gasteiger partial charge in [-0.2, -0.15) is 0 Å². The van der Waals surface area contributed by atoms with Gasteiger partial charge in [0.1, 0.15) is 0 Å². The summed E-state index contributed by atoms with van der Waals surface area (Å²) in [5.74, 6) is -0.210. The van der Waals surface area contributed by atoms with E-state index in [1.165, 1.54) is 51.6 Å². The molecule has 0 bridgehead atoms. The van der Waals surface area contributed by atoms with E-state index in [2.05, 4.69) is 4.90 Å². The van der Waals surface area contributed by atoms with Gasteiger partial charge in [0.15, 0.2) is 0 Å². The van der Waals surface area contributed by atoms with Gasteiger partial charge in [-0.3, -0.25) is 4.79 Å². The van der Waals surface area contributed by atoms with Gasteiger partial charge in [0.2, 0.25) is 0 Å². The van der Waals surface area contributed by atoms with E-state index in [0.717, 1.165) is 25.8 Å². The van der Waals surface area contributed by atoms with Crippen molar-refractivity contribution in [3.05, 3.63) is 0 Å². The smallest absolute Gasteiger partial charge is 0.306 e. The van der Waals surface area contributed by atoms with Crippen LogP contribution in [0.2, 0.25) is 0 Å². The summed E-state index contributed by atoms with van der Waals surface area (Å²) in [5.41, 5.74) is 0.619. The van der Waals surface area contributed by atoms with Crippen LogP contribution in [0.5, 0.6) is 0 Å². The molecule has 2 atom stereocenters. The monoisotopic (exact) mass is 265 g/mol.